The van der Waals surface area contributed by atoms with Crippen LogP contribution in [0.2, 0.25) is 0 Å². The highest BCUT2D eigenvalue weighted by Crippen LogP contribution is 2.51. The summed E-state index contributed by atoms with van der Waals surface area (Å²) in [5.74, 6) is 1.19. The van der Waals surface area contributed by atoms with Crippen LogP contribution in [-0.4, -0.2) is 38.5 Å². The van der Waals surface area contributed by atoms with Crippen molar-refractivity contribution in [1.29, 1.82) is 0 Å². The van der Waals surface area contributed by atoms with Crippen LogP contribution in [0.5, 0.6) is 11.5 Å². The van der Waals surface area contributed by atoms with Gasteiger partial charge in [-0.25, -0.2) is 8.42 Å². The molecule has 1 saturated carbocycles. The molecule has 0 amide bonds. The number of ketones is 1. The molecule has 0 unspecified atom stereocenters. The number of aliphatic hydroxyl groups is 1. The number of carbonyl (C=O) groups is 1. The van der Waals surface area contributed by atoms with Crippen LogP contribution in [0.15, 0.2) is 71.6 Å². The molecule has 1 N–H and O–H groups in total. The molecule has 0 radical (unpaired) electrons. The fraction of sp³-hybridized carbons (Fsp3) is 0.321. The molecule has 0 spiro atoms. The van der Waals surface area contributed by atoms with Crippen LogP contribution >= 0.6 is 0 Å². The summed E-state index contributed by atoms with van der Waals surface area (Å²) in [4.78, 5) is 13.6. The minimum absolute atomic E-state index is 0. The van der Waals surface area contributed by atoms with E-state index in [2.05, 4.69) is 0 Å². The van der Waals surface area contributed by atoms with Crippen LogP contribution in [0.25, 0.3) is 11.1 Å². The summed E-state index contributed by atoms with van der Waals surface area (Å²) < 4.78 is 36.0. The van der Waals surface area contributed by atoms with Gasteiger partial charge in [-0.2, -0.15) is 0 Å². The first-order valence-corrected chi connectivity index (χ1v) is 13.4. The topological polar surface area (TPSA) is 89.9 Å². The van der Waals surface area contributed by atoms with Crippen molar-refractivity contribution in [3.05, 3.63) is 77.9 Å². The van der Waals surface area contributed by atoms with E-state index in [9.17, 15) is 18.3 Å². The van der Waals surface area contributed by atoms with Crippen molar-refractivity contribution in [3.63, 3.8) is 0 Å². The van der Waals surface area contributed by atoms with Crippen LogP contribution in [0.4, 0.5) is 0 Å². The monoisotopic (exact) mass is 494 g/mol. The molecule has 1 fully saturated rings. The Morgan fingerprint density at radius 1 is 1.00 bits per heavy atom. The van der Waals surface area contributed by atoms with E-state index < -0.39 is 15.3 Å². The summed E-state index contributed by atoms with van der Waals surface area (Å²) >= 11 is 0. The second-order valence-electron chi connectivity index (χ2n) is 9.54. The Balaban J connectivity index is 0.00000304. The van der Waals surface area contributed by atoms with E-state index in [0.29, 0.717) is 17.9 Å². The lowest BCUT2D eigenvalue weighted by Crippen LogP contribution is -2.22. The van der Waals surface area contributed by atoms with Gasteiger partial charge < -0.3 is 14.6 Å². The van der Waals surface area contributed by atoms with E-state index in [0.717, 1.165) is 35.1 Å². The number of aliphatic hydroxyl groups excluding tert-OH is 1. The lowest BCUT2D eigenvalue weighted by Gasteiger charge is -2.16. The first-order chi connectivity index (χ1) is 16.8. The molecule has 1 aliphatic heterocycles. The van der Waals surface area contributed by atoms with E-state index in [1.807, 2.05) is 42.5 Å². The first kappa shape index (κ1) is 23.6. The van der Waals surface area contributed by atoms with Crippen molar-refractivity contribution in [1.82, 2.24) is 0 Å². The molecule has 5 rings (SSSR count). The molecule has 0 bridgehead atoms. The zero-order valence-electron chi connectivity index (χ0n) is 19.6. The quantitative estimate of drug-likeness (QED) is 0.469. The van der Waals surface area contributed by atoms with Crippen molar-refractivity contribution < 1.29 is 29.2 Å². The van der Waals surface area contributed by atoms with Gasteiger partial charge in [-0.3, -0.25) is 4.79 Å². The summed E-state index contributed by atoms with van der Waals surface area (Å²) in [5, 5.41) is 9.18. The summed E-state index contributed by atoms with van der Waals surface area (Å²) in [6.07, 6.45) is 1.99. The van der Waals surface area contributed by atoms with Gasteiger partial charge in [-0.1, -0.05) is 49.4 Å². The van der Waals surface area contributed by atoms with Crippen molar-refractivity contribution in [2.75, 3.05) is 19.2 Å². The third-order valence-corrected chi connectivity index (χ3v) is 8.86. The smallest absolute Gasteiger partial charge is 0.231 e. The Labute approximate surface area is 206 Å². The molecular formula is C28H30O6S. The molecule has 184 valence electrons. The maximum Gasteiger partial charge on any atom is 0.231 e. The highest BCUT2D eigenvalue weighted by Gasteiger charge is 2.50. The second-order valence-corrected chi connectivity index (χ2v) is 11.6. The number of carbonyl (C=O) groups excluding carboxylic acids is 1. The van der Waals surface area contributed by atoms with Gasteiger partial charge in [0.25, 0.3) is 0 Å². The normalized spacial score (nSPS) is 16.6. The molecule has 0 aromatic heterocycles. The Bertz CT molecular complexity index is 1360. The first-order valence-electron chi connectivity index (χ1n) is 11.8. The second kappa shape index (κ2) is 9.13. The van der Waals surface area contributed by atoms with Crippen LogP contribution in [0, 0.1) is 5.92 Å². The predicted molar refractivity (Wildman–Crippen MR) is 134 cm³/mol. The Kier molecular flexibility index (Phi) is 6.15. The fourth-order valence-corrected chi connectivity index (χ4v) is 6.24. The van der Waals surface area contributed by atoms with Crippen molar-refractivity contribution in [2.24, 2.45) is 5.92 Å². The lowest BCUT2D eigenvalue weighted by molar-refractivity contribution is -0.120. The van der Waals surface area contributed by atoms with Crippen molar-refractivity contribution in [2.45, 2.75) is 36.5 Å². The van der Waals surface area contributed by atoms with E-state index in [1.165, 1.54) is 0 Å². The predicted octanol–water partition coefficient (Wildman–Crippen LogP) is 4.57. The highest BCUT2D eigenvalue weighted by atomic mass is 32.2. The summed E-state index contributed by atoms with van der Waals surface area (Å²) in [5.41, 5.74) is 3.25. The number of fused-ring (bicyclic) bond motifs is 1. The number of hydrogen-bond acceptors (Lipinski definition) is 6. The van der Waals surface area contributed by atoms with Crippen molar-refractivity contribution in [3.8, 4) is 22.6 Å². The van der Waals surface area contributed by atoms with Gasteiger partial charge >= 0.3 is 0 Å². The maximum atomic E-state index is 13.4. The largest absolute Gasteiger partial charge is 0.454 e. The molecule has 35 heavy (non-hydrogen) atoms. The Morgan fingerprint density at radius 3 is 2.46 bits per heavy atom. The highest BCUT2D eigenvalue weighted by molar-refractivity contribution is 7.91. The van der Waals surface area contributed by atoms with Gasteiger partial charge in [0.2, 0.25) is 6.79 Å². The Hall–Kier alpha value is -3.16. The van der Waals surface area contributed by atoms with Crippen LogP contribution in [-0.2, 0) is 26.5 Å². The van der Waals surface area contributed by atoms with Gasteiger partial charge in [0.05, 0.1) is 16.1 Å². The fourth-order valence-electron chi connectivity index (χ4n) is 4.64. The molecule has 1 heterocycles. The molecule has 1 aliphatic carbocycles. The number of hydrogen-bond donors (Lipinski definition) is 1. The zero-order chi connectivity index (χ0) is 24.6. The van der Waals surface area contributed by atoms with Gasteiger partial charge in [0, 0.05) is 14.5 Å². The summed E-state index contributed by atoms with van der Waals surface area (Å²) in [7, 11) is -3.46. The third kappa shape index (κ3) is 4.70. The average Bonchev–Trinajstić information content (AvgIpc) is 3.55. The molecule has 1 atom stereocenters. The van der Waals surface area contributed by atoms with Crippen LogP contribution in [0.1, 0.15) is 32.3 Å². The zero-order valence-corrected chi connectivity index (χ0v) is 20.4. The minimum atomic E-state index is -3.46. The number of benzene rings is 3. The molecular weight excluding hydrogens is 464 g/mol. The number of ether oxygens (including phenoxy) is 2. The summed E-state index contributed by atoms with van der Waals surface area (Å²) in [6.45, 7) is 1.75. The van der Waals surface area contributed by atoms with Gasteiger partial charge in [0.1, 0.15) is 5.78 Å². The number of rotatable bonds is 9. The van der Waals surface area contributed by atoms with Gasteiger partial charge in [-0.05, 0) is 65.3 Å². The Morgan fingerprint density at radius 2 is 1.74 bits per heavy atom. The van der Waals surface area contributed by atoms with E-state index in [1.54, 1.807) is 31.2 Å². The third-order valence-electron chi connectivity index (χ3n) is 6.86. The minimum Gasteiger partial charge on any atom is -0.454 e. The van der Waals surface area contributed by atoms with Gasteiger partial charge in [-0.15, -0.1) is 0 Å². The molecule has 2 aliphatic rings. The summed E-state index contributed by atoms with van der Waals surface area (Å²) in [6, 6.07) is 20.4. The number of Topliss-reactive ketones (excluding diaryl/α,β-unsaturated/α-hetero) is 1. The van der Waals surface area contributed by atoms with Gasteiger partial charge in [0.15, 0.2) is 21.3 Å². The molecule has 6 nitrogen and oxygen atoms in total. The standard InChI is InChI=1S/C28H28O6S.H2/c1-19(16-29)17-35(31,32)24-8-5-21(6-9-24)22-4-2-3-20(13-22)14-27(30)28(11-12-28)23-7-10-25-26(15-23)34-18-33-25;/h2-10,13,15,19,29H,11-12,14,16-18H2,1H3;1H/t19-;/m1./s1. The lowest BCUT2D eigenvalue weighted by atomic mass is 9.87. The molecule has 3 aromatic carbocycles. The van der Waals surface area contributed by atoms with Crippen molar-refractivity contribution >= 4 is 15.6 Å². The molecule has 0 saturated heterocycles. The van der Waals surface area contributed by atoms with E-state index in [4.69, 9.17) is 9.47 Å². The van der Waals surface area contributed by atoms with E-state index in [-0.39, 0.29) is 37.2 Å². The maximum absolute atomic E-state index is 13.4. The molecule has 7 heteroatoms. The SMILES string of the molecule is C[C@H](CO)CS(=O)(=O)c1ccc(-c2cccc(CC(=O)C3(c4ccc5c(c4)OCO5)CC3)c2)cc1.[HH]. The average molecular weight is 495 g/mol. The van der Waals surface area contributed by atoms with Crippen LogP contribution < -0.4 is 9.47 Å². The van der Waals surface area contributed by atoms with E-state index >= 15 is 0 Å². The number of sulfone groups is 1. The molecule has 3 aromatic rings. The van der Waals surface area contributed by atoms with Crippen LogP contribution in [0.3, 0.4) is 0 Å².